The van der Waals surface area contributed by atoms with Gasteiger partial charge in [0.05, 0.1) is 5.69 Å². The number of thiazole rings is 1. The molecular weight excluding hydrogens is 256 g/mol. The molecule has 0 bridgehead atoms. The van der Waals surface area contributed by atoms with Crippen molar-refractivity contribution in [3.8, 4) is 0 Å². The highest BCUT2D eigenvalue weighted by Crippen LogP contribution is 2.27. The van der Waals surface area contributed by atoms with Gasteiger partial charge < -0.3 is 10.6 Å². The Bertz CT molecular complexity index is 525. The SMILES string of the molecule is CCC(CC)N(C)c1nc2sccn2c1CC(C)N. The Kier molecular flexibility index (Phi) is 4.47. The maximum absolute atomic E-state index is 6.00. The third-order valence-corrected chi connectivity index (χ3v) is 4.44. The van der Waals surface area contributed by atoms with Gasteiger partial charge in [0.1, 0.15) is 0 Å². The van der Waals surface area contributed by atoms with E-state index in [1.54, 1.807) is 11.3 Å². The smallest absolute Gasteiger partial charge is 0.195 e. The number of anilines is 1. The molecule has 0 aliphatic rings. The second-order valence-electron chi connectivity index (χ2n) is 5.20. The Balaban J connectivity index is 2.43. The predicted molar refractivity (Wildman–Crippen MR) is 83.2 cm³/mol. The standard InChI is InChI=1S/C14H24N4S/c1-5-11(6-2)17(4)13-12(9-10(3)15)18-7-8-19-14(18)16-13/h7-8,10-11H,5-6,9,15H2,1-4H3. The molecule has 1 unspecified atom stereocenters. The number of hydrogen-bond acceptors (Lipinski definition) is 4. The lowest BCUT2D eigenvalue weighted by molar-refractivity contribution is 0.583. The molecule has 19 heavy (non-hydrogen) atoms. The predicted octanol–water partition coefficient (Wildman–Crippen LogP) is 2.91. The third kappa shape index (κ3) is 2.77. The van der Waals surface area contributed by atoms with Crippen molar-refractivity contribution in [3.05, 3.63) is 17.3 Å². The summed E-state index contributed by atoms with van der Waals surface area (Å²) in [6.45, 7) is 6.51. The van der Waals surface area contributed by atoms with Crippen LogP contribution in [-0.2, 0) is 6.42 Å². The molecule has 1 atom stereocenters. The monoisotopic (exact) mass is 280 g/mol. The van der Waals surface area contributed by atoms with E-state index in [0.29, 0.717) is 6.04 Å². The molecule has 2 aromatic rings. The fourth-order valence-corrected chi connectivity index (χ4v) is 3.34. The van der Waals surface area contributed by atoms with Gasteiger partial charge in [-0.2, -0.15) is 0 Å². The summed E-state index contributed by atoms with van der Waals surface area (Å²) in [6.07, 6.45) is 5.22. The first-order valence-electron chi connectivity index (χ1n) is 7.01. The molecule has 0 saturated carbocycles. The van der Waals surface area contributed by atoms with Crippen LogP contribution in [0.15, 0.2) is 11.6 Å². The lowest BCUT2D eigenvalue weighted by Crippen LogP contribution is -2.32. The largest absolute Gasteiger partial charge is 0.355 e. The topological polar surface area (TPSA) is 46.6 Å². The van der Waals surface area contributed by atoms with Crippen molar-refractivity contribution in [2.45, 2.75) is 52.1 Å². The number of imidazole rings is 1. The van der Waals surface area contributed by atoms with Gasteiger partial charge in [0, 0.05) is 37.1 Å². The van der Waals surface area contributed by atoms with Gasteiger partial charge in [0.2, 0.25) is 0 Å². The molecule has 0 aliphatic heterocycles. The van der Waals surface area contributed by atoms with Gasteiger partial charge in [-0.1, -0.05) is 13.8 Å². The van der Waals surface area contributed by atoms with Crippen molar-refractivity contribution < 1.29 is 0 Å². The van der Waals surface area contributed by atoms with Crippen molar-refractivity contribution in [1.82, 2.24) is 9.38 Å². The first-order chi connectivity index (χ1) is 9.08. The van der Waals surface area contributed by atoms with E-state index in [1.807, 2.05) is 6.92 Å². The number of fused-ring (bicyclic) bond motifs is 1. The van der Waals surface area contributed by atoms with Crippen LogP contribution < -0.4 is 10.6 Å². The molecule has 2 aromatic heterocycles. The first-order valence-corrected chi connectivity index (χ1v) is 7.89. The summed E-state index contributed by atoms with van der Waals surface area (Å²) in [4.78, 5) is 8.17. The second-order valence-corrected chi connectivity index (χ2v) is 6.07. The summed E-state index contributed by atoms with van der Waals surface area (Å²) >= 11 is 1.68. The van der Waals surface area contributed by atoms with Crippen LogP contribution in [0.5, 0.6) is 0 Å². The average molecular weight is 280 g/mol. The number of nitrogens with zero attached hydrogens (tertiary/aromatic N) is 3. The Morgan fingerprint density at radius 1 is 1.42 bits per heavy atom. The van der Waals surface area contributed by atoms with Crippen LogP contribution in [0.4, 0.5) is 5.82 Å². The molecule has 0 aliphatic carbocycles. The quantitative estimate of drug-likeness (QED) is 0.885. The van der Waals surface area contributed by atoms with Crippen molar-refractivity contribution in [1.29, 1.82) is 0 Å². The number of aromatic nitrogens is 2. The molecule has 2 N–H and O–H groups in total. The molecule has 0 radical (unpaired) electrons. The number of nitrogens with two attached hydrogens (primary N) is 1. The first kappa shape index (κ1) is 14.3. The Hall–Kier alpha value is -1.07. The van der Waals surface area contributed by atoms with E-state index in [1.165, 1.54) is 5.69 Å². The van der Waals surface area contributed by atoms with E-state index < -0.39 is 0 Å². The summed E-state index contributed by atoms with van der Waals surface area (Å²) < 4.78 is 2.18. The van der Waals surface area contributed by atoms with Gasteiger partial charge in [0.15, 0.2) is 10.8 Å². The molecule has 2 heterocycles. The highest BCUT2D eigenvalue weighted by Gasteiger charge is 2.21. The van der Waals surface area contributed by atoms with Crippen LogP contribution in [0.2, 0.25) is 0 Å². The lowest BCUT2D eigenvalue weighted by atomic mass is 10.1. The van der Waals surface area contributed by atoms with Crippen molar-refractivity contribution in [2.75, 3.05) is 11.9 Å². The Morgan fingerprint density at radius 3 is 2.68 bits per heavy atom. The highest BCUT2D eigenvalue weighted by molar-refractivity contribution is 7.15. The van der Waals surface area contributed by atoms with Gasteiger partial charge in [-0.15, -0.1) is 11.3 Å². The van der Waals surface area contributed by atoms with Crippen LogP contribution >= 0.6 is 11.3 Å². The summed E-state index contributed by atoms with van der Waals surface area (Å²) in [5, 5.41) is 2.08. The van der Waals surface area contributed by atoms with Crippen molar-refractivity contribution >= 4 is 22.1 Å². The van der Waals surface area contributed by atoms with Crippen molar-refractivity contribution in [3.63, 3.8) is 0 Å². The molecule has 106 valence electrons. The van der Waals surface area contributed by atoms with Gasteiger partial charge in [-0.3, -0.25) is 4.40 Å². The van der Waals surface area contributed by atoms with Crippen LogP contribution in [0.1, 0.15) is 39.3 Å². The molecule has 5 heteroatoms. The fraction of sp³-hybridized carbons (Fsp3) is 0.643. The zero-order valence-corrected chi connectivity index (χ0v) is 13.1. The van der Waals surface area contributed by atoms with Crippen molar-refractivity contribution in [2.24, 2.45) is 5.73 Å². The molecular formula is C14H24N4S. The number of hydrogen-bond donors (Lipinski definition) is 1. The minimum absolute atomic E-state index is 0.147. The molecule has 0 fully saturated rings. The maximum Gasteiger partial charge on any atom is 0.195 e. The summed E-state index contributed by atoms with van der Waals surface area (Å²) in [5.41, 5.74) is 7.23. The minimum atomic E-state index is 0.147. The summed E-state index contributed by atoms with van der Waals surface area (Å²) in [6, 6.07) is 0.685. The van der Waals surface area contributed by atoms with E-state index in [2.05, 4.69) is 41.8 Å². The molecule has 0 aromatic carbocycles. The second kappa shape index (κ2) is 5.92. The number of rotatable bonds is 6. The van der Waals surface area contributed by atoms with Gasteiger partial charge in [0.25, 0.3) is 0 Å². The zero-order chi connectivity index (χ0) is 14.0. The zero-order valence-electron chi connectivity index (χ0n) is 12.3. The van der Waals surface area contributed by atoms with Gasteiger partial charge >= 0.3 is 0 Å². The van der Waals surface area contributed by atoms with E-state index in [9.17, 15) is 0 Å². The minimum Gasteiger partial charge on any atom is -0.355 e. The summed E-state index contributed by atoms with van der Waals surface area (Å²) in [5.74, 6) is 1.10. The molecule has 0 spiro atoms. The molecule has 4 nitrogen and oxygen atoms in total. The average Bonchev–Trinajstić information content (AvgIpc) is 2.93. The van der Waals surface area contributed by atoms with E-state index in [0.717, 1.165) is 30.0 Å². The molecule has 2 rings (SSSR count). The Morgan fingerprint density at radius 2 is 2.11 bits per heavy atom. The van der Waals surface area contributed by atoms with E-state index >= 15 is 0 Å². The molecule has 0 saturated heterocycles. The van der Waals surface area contributed by atoms with E-state index in [-0.39, 0.29) is 6.04 Å². The van der Waals surface area contributed by atoms with Crippen LogP contribution in [0.3, 0.4) is 0 Å². The summed E-state index contributed by atoms with van der Waals surface area (Å²) in [7, 11) is 2.15. The molecule has 0 amide bonds. The highest BCUT2D eigenvalue weighted by atomic mass is 32.1. The maximum atomic E-state index is 6.00. The van der Waals surface area contributed by atoms with Crippen LogP contribution in [-0.4, -0.2) is 28.5 Å². The fourth-order valence-electron chi connectivity index (χ4n) is 2.61. The Labute approximate surface area is 119 Å². The van der Waals surface area contributed by atoms with E-state index in [4.69, 9.17) is 10.7 Å². The van der Waals surface area contributed by atoms with Crippen LogP contribution in [0.25, 0.3) is 4.96 Å². The third-order valence-electron chi connectivity index (χ3n) is 3.68. The van der Waals surface area contributed by atoms with Gasteiger partial charge in [-0.25, -0.2) is 4.98 Å². The lowest BCUT2D eigenvalue weighted by Gasteiger charge is -2.27. The van der Waals surface area contributed by atoms with Crippen LogP contribution in [0, 0.1) is 0 Å². The van der Waals surface area contributed by atoms with Gasteiger partial charge in [-0.05, 0) is 19.8 Å². The normalized spacial score (nSPS) is 13.4.